The SMILES string of the molecule is Cn1nc(CN2CCNC3(CCCC3)C2)c2ccccc21. The van der Waals surface area contributed by atoms with E-state index < -0.39 is 0 Å². The molecule has 1 aromatic heterocycles. The maximum Gasteiger partial charge on any atom is 0.0843 e. The fourth-order valence-corrected chi connectivity index (χ4v) is 4.18. The van der Waals surface area contributed by atoms with Gasteiger partial charge < -0.3 is 5.32 Å². The molecule has 4 rings (SSSR count). The zero-order valence-corrected chi connectivity index (χ0v) is 12.8. The van der Waals surface area contributed by atoms with Crippen LogP contribution in [0.1, 0.15) is 31.4 Å². The number of hydrogen-bond donors (Lipinski definition) is 1. The van der Waals surface area contributed by atoms with Crippen LogP contribution < -0.4 is 5.32 Å². The lowest BCUT2D eigenvalue weighted by atomic mass is 9.94. The van der Waals surface area contributed by atoms with Crippen molar-refractivity contribution in [1.82, 2.24) is 20.0 Å². The van der Waals surface area contributed by atoms with E-state index in [9.17, 15) is 0 Å². The highest BCUT2D eigenvalue weighted by molar-refractivity contribution is 5.81. The fraction of sp³-hybridized carbons (Fsp3) is 0.588. The molecule has 21 heavy (non-hydrogen) atoms. The van der Waals surface area contributed by atoms with Gasteiger partial charge in [0.25, 0.3) is 0 Å². The van der Waals surface area contributed by atoms with Gasteiger partial charge in [0.05, 0.1) is 11.2 Å². The van der Waals surface area contributed by atoms with Gasteiger partial charge >= 0.3 is 0 Å². The summed E-state index contributed by atoms with van der Waals surface area (Å²) in [6.07, 6.45) is 5.44. The predicted molar refractivity (Wildman–Crippen MR) is 85.2 cm³/mol. The molecule has 1 spiro atoms. The minimum Gasteiger partial charge on any atom is -0.309 e. The van der Waals surface area contributed by atoms with Crippen molar-refractivity contribution in [3.63, 3.8) is 0 Å². The first-order chi connectivity index (χ1) is 10.3. The lowest BCUT2D eigenvalue weighted by Gasteiger charge is -2.41. The summed E-state index contributed by atoms with van der Waals surface area (Å²) in [5.74, 6) is 0. The molecule has 2 heterocycles. The van der Waals surface area contributed by atoms with Gasteiger partial charge in [0.1, 0.15) is 0 Å². The van der Waals surface area contributed by atoms with Crippen molar-refractivity contribution in [3.05, 3.63) is 30.0 Å². The molecule has 1 saturated heterocycles. The molecule has 2 aliphatic rings. The largest absolute Gasteiger partial charge is 0.309 e. The molecule has 4 nitrogen and oxygen atoms in total. The van der Waals surface area contributed by atoms with Crippen LogP contribution in [0.4, 0.5) is 0 Å². The van der Waals surface area contributed by atoms with Crippen molar-refractivity contribution >= 4 is 10.9 Å². The van der Waals surface area contributed by atoms with Crippen LogP contribution in [0.5, 0.6) is 0 Å². The van der Waals surface area contributed by atoms with Crippen molar-refractivity contribution in [1.29, 1.82) is 0 Å². The Bertz CT molecular complexity index is 639. The van der Waals surface area contributed by atoms with Crippen LogP contribution in [0.2, 0.25) is 0 Å². The van der Waals surface area contributed by atoms with Crippen LogP contribution in [0.25, 0.3) is 10.9 Å². The molecule has 2 fully saturated rings. The number of benzene rings is 1. The number of piperazine rings is 1. The standard InChI is InChI=1S/C17H24N4/c1-20-16-7-3-2-6-14(16)15(19-20)12-21-11-10-18-17(13-21)8-4-5-9-17/h2-3,6-7,18H,4-5,8-13H2,1H3. The van der Waals surface area contributed by atoms with Gasteiger partial charge in [-0.1, -0.05) is 31.0 Å². The monoisotopic (exact) mass is 284 g/mol. The second-order valence-corrected chi connectivity index (χ2v) is 6.71. The molecule has 1 aromatic carbocycles. The second-order valence-electron chi connectivity index (χ2n) is 6.71. The molecule has 1 aliphatic carbocycles. The molecular formula is C17H24N4. The first kappa shape index (κ1) is 13.3. The molecule has 0 atom stereocenters. The first-order valence-electron chi connectivity index (χ1n) is 8.14. The Morgan fingerprint density at radius 1 is 1.24 bits per heavy atom. The van der Waals surface area contributed by atoms with Crippen LogP contribution in [-0.2, 0) is 13.6 Å². The molecule has 1 aliphatic heterocycles. The molecule has 4 heteroatoms. The molecular weight excluding hydrogens is 260 g/mol. The highest BCUT2D eigenvalue weighted by atomic mass is 15.3. The van der Waals surface area contributed by atoms with E-state index in [-0.39, 0.29) is 0 Å². The van der Waals surface area contributed by atoms with Crippen LogP contribution in [0, 0.1) is 0 Å². The van der Waals surface area contributed by atoms with E-state index in [2.05, 4.69) is 34.5 Å². The van der Waals surface area contributed by atoms with Gasteiger partial charge in [-0.3, -0.25) is 9.58 Å². The smallest absolute Gasteiger partial charge is 0.0843 e. The third-order valence-electron chi connectivity index (χ3n) is 5.22. The maximum atomic E-state index is 4.75. The number of rotatable bonds is 2. The third-order valence-corrected chi connectivity index (χ3v) is 5.22. The van der Waals surface area contributed by atoms with Crippen molar-refractivity contribution in [2.45, 2.75) is 37.8 Å². The number of nitrogens with zero attached hydrogens (tertiary/aromatic N) is 3. The Kier molecular flexibility index (Phi) is 3.23. The van der Waals surface area contributed by atoms with E-state index >= 15 is 0 Å². The Morgan fingerprint density at radius 2 is 2.05 bits per heavy atom. The Labute approximate surface area is 126 Å². The topological polar surface area (TPSA) is 33.1 Å². The highest BCUT2D eigenvalue weighted by Gasteiger charge is 2.37. The Hall–Kier alpha value is -1.39. The van der Waals surface area contributed by atoms with Crippen LogP contribution >= 0.6 is 0 Å². The zero-order chi connectivity index (χ0) is 14.3. The number of fused-ring (bicyclic) bond motifs is 1. The summed E-state index contributed by atoms with van der Waals surface area (Å²) >= 11 is 0. The highest BCUT2D eigenvalue weighted by Crippen LogP contribution is 2.32. The minimum absolute atomic E-state index is 0.392. The van der Waals surface area contributed by atoms with Crippen molar-refractivity contribution in [3.8, 4) is 0 Å². The molecule has 1 saturated carbocycles. The van der Waals surface area contributed by atoms with Gasteiger partial charge in [-0.25, -0.2) is 0 Å². The molecule has 0 bridgehead atoms. The summed E-state index contributed by atoms with van der Waals surface area (Å²) in [6, 6.07) is 8.56. The predicted octanol–water partition coefficient (Wildman–Crippen LogP) is 2.29. The van der Waals surface area contributed by atoms with E-state index in [1.165, 1.54) is 48.8 Å². The molecule has 0 radical (unpaired) electrons. The van der Waals surface area contributed by atoms with Crippen molar-refractivity contribution in [2.24, 2.45) is 7.05 Å². The van der Waals surface area contributed by atoms with Gasteiger partial charge in [0.2, 0.25) is 0 Å². The summed E-state index contributed by atoms with van der Waals surface area (Å²) < 4.78 is 2.01. The molecule has 0 unspecified atom stereocenters. The van der Waals surface area contributed by atoms with E-state index in [0.29, 0.717) is 5.54 Å². The van der Waals surface area contributed by atoms with Gasteiger partial charge in [-0.2, -0.15) is 5.10 Å². The molecule has 112 valence electrons. The average molecular weight is 284 g/mol. The van der Waals surface area contributed by atoms with E-state index in [1.807, 2.05) is 11.7 Å². The number of para-hydroxylation sites is 1. The van der Waals surface area contributed by atoms with Crippen LogP contribution in [0.15, 0.2) is 24.3 Å². The van der Waals surface area contributed by atoms with Crippen molar-refractivity contribution in [2.75, 3.05) is 19.6 Å². The normalized spacial score (nSPS) is 22.3. The van der Waals surface area contributed by atoms with Gasteiger partial charge in [-0.05, 0) is 18.9 Å². The van der Waals surface area contributed by atoms with Gasteiger partial charge in [-0.15, -0.1) is 0 Å². The molecule has 1 N–H and O–H groups in total. The van der Waals surface area contributed by atoms with Crippen LogP contribution in [-0.4, -0.2) is 39.9 Å². The quantitative estimate of drug-likeness (QED) is 0.918. The minimum atomic E-state index is 0.392. The van der Waals surface area contributed by atoms with Gasteiger partial charge in [0.15, 0.2) is 0 Å². The number of nitrogens with one attached hydrogen (secondary N) is 1. The Balaban J connectivity index is 1.57. The molecule has 0 amide bonds. The van der Waals surface area contributed by atoms with Crippen LogP contribution in [0.3, 0.4) is 0 Å². The summed E-state index contributed by atoms with van der Waals surface area (Å²) in [7, 11) is 2.04. The molecule has 2 aromatic rings. The lowest BCUT2D eigenvalue weighted by Crippen LogP contribution is -2.58. The van der Waals surface area contributed by atoms with Crippen molar-refractivity contribution < 1.29 is 0 Å². The van der Waals surface area contributed by atoms with E-state index in [0.717, 1.165) is 19.6 Å². The van der Waals surface area contributed by atoms with E-state index in [4.69, 9.17) is 5.10 Å². The number of aryl methyl sites for hydroxylation is 1. The number of hydrogen-bond acceptors (Lipinski definition) is 3. The summed E-state index contributed by atoms with van der Waals surface area (Å²) in [5, 5.41) is 9.84. The summed E-state index contributed by atoms with van der Waals surface area (Å²) in [6.45, 7) is 4.40. The second kappa shape index (κ2) is 5.11. The summed E-state index contributed by atoms with van der Waals surface area (Å²) in [5.41, 5.74) is 2.85. The maximum absolute atomic E-state index is 4.75. The zero-order valence-electron chi connectivity index (χ0n) is 12.8. The third kappa shape index (κ3) is 2.36. The number of aromatic nitrogens is 2. The lowest BCUT2D eigenvalue weighted by molar-refractivity contribution is 0.128. The first-order valence-corrected chi connectivity index (χ1v) is 8.14. The average Bonchev–Trinajstić information content (AvgIpc) is 3.06. The summed E-state index contributed by atoms with van der Waals surface area (Å²) in [4.78, 5) is 2.59. The van der Waals surface area contributed by atoms with Gasteiger partial charge in [0, 0.05) is 44.2 Å². The Morgan fingerprint density at radius 3 is 2.90 bits per heavy atom. The fourth-order valence-electron chi connectivity index (χ4n) is 4.18. The van der Waals surface area contributed by atoms with E-state index in [1.54, 1.807) is 0 Å².